The lowest BCUT2D eigenvalue weighted by molar-refractivity contribution is -0.385. The number of hydrogen-bond donors (Lipinski definition) is 1. The summed E-state index contributed by atoms with van der Waals surface area (Å²) in [5.74, 6) is -0.268. The molecule has 6 heteroatoms. The third-order valence-corrected chi connectivity index (χ3v) is 2.50. The van der Waals surface area contributed by atoms with Crippen molar-refractivity contribution in [2.75, 3.05) is 11.1 Å². The molecule has 0 saturated heterocycles. The van der Waals surface area contributed by atoms with Gasteiger partial charge in [-0.05, 0) is 13.0 Å². The van der Waals surface area contributed by atoms with Gasteiger partial charge in [-0.15, -0.1) is 0 Å². The fourth-order valence-electron chi connectivity index (χ4n) is 1.23. The minimum atomic E-state index is -0.528. The average molecular weight is 273 g/mol. The monoisotopic (exact) mass is 272 g/mol. The Bertz CT molecular complexity index is 432. The number of carbonyl (C=O) groups is 1. The highest BCUT2D eigenvalue weighted by molar-refractivity contribution is 9.09. The molecule has 0 heterocycles. The Kier molecular flexibility index (Phi) is 3.41. The molecule has 2 N–H and O–H groups in total. The summed E-state index contributed by atoms with van der Waals surface area (Å²) >= 11 is 2.99. The van der Waals surface area contributed by atoms with Crippen LogP contribution in [0.25, 0.3) is 0 Å². The van der Waals surface area contributed by atoms with Gasteiger partial charge in [0.15, 0.2) is 5.78 Å². The number of nitrogen functional groups attached to an aromatic ring is 1. The molecule has 1 aromatic rings. The fraction of sp³-hybridized carbons (Fsp3) is 0.222. The number of aryl methyl sites for hydroxylation is 1. The number of nitrogens with zero attached hydrogens (tertiary/aromatic N) is 1. The third-order valence-electron chi connectivity index (χ3n) is 1.99. The molecule has 0 atom stereocenters. The number of halogens is 1. The van der Waals surface area contributed by atoms with Gasteiger partial charge in [-0.1, -0.05) is 15.9 Å². The van der Waals surface area contributed by atoms with E-state index in [0.29, 0.717) is 5.56 Å². The Balaban J connectivity index is 3.36. The van der Waals surface area contributed by atoms with Crippen molar-refractivity contribution in [3.8, 4) is 0 Å². The second-order valence-electron chi connectivity index (χ2n) is 3.04. The minimum absolute atomic E-state index is 0.0894. The van der Waals surface area contributed by atoms with Crippen molar-refractivity contribution in [2.24, 2.45) is 0 Å². The van der Waals surface area contributed by atoms with Crippen LogP contribution in [0, 0.1) is 17.0 Å². The second-order valence-corrected chi connectivity index (χ2v) is 3.60. The summed E-state index contributed by atoms with van der Waals surface area (Å²) in [5, 5.41) is 10.7. The Hall–Kier alpha value is -1.43. The third kappa shape index (κ3) is 2.33. The Labute approximate surface area is 94.5 Å². The molecule has 0 aliphatic carbocycles. The van der Waals surface area contributed by atoms with E-state index in [1.54, 1.807) is 6.92 Å². The molecule has 0 aliphatic rings. The SMILES string of the molecule is Cc1cc(N)c(C(=O)CBr)cc1[N+](=O)[O-]. The van der Waals surface area contributed by atoms with E-state index in [4.69, 9.17) is 5.73 Å². The molecule has 1 aromatic carbocycles. The molecule has 0 spiro atoms. The van der Waals surface area contributed by atoms with E-state index in [-0.39, 0.29) is 28.1 Å². The van der Waals surface area contributed by atoms with Crippen LogP contribution in [0.15, 0.2) is 12.1 Å². The average Bonchev–Trinajstić information content (AvgIpc) is 2.16. The standard InChI is InChI=1S/C9H9BrN2O3/c1-5-2-7(11)6(9(13)4-10)3-8(5)12(14)15/h2-3H,4,11H2,1H3. The fourth-order valence-corrected chi connectivity index (χ4v) is 1.53. The van der Waals surface area contributed by atoms with Gasteiger partial charge in [0.05, 0.1) is 10.3 Å². The highest BCUT2D eigenvalue weighted by Crippen LogP contribution is 2.25. The summed E-state index contributed by atoms with van der Waals surface area (Å²) in [5.41, 5.74) is 6.41. The van der Waals surface area contributed by atoms with Gasteiger partial charge in [0, 0.05) is 22.9 Å². The van der Waals surface area contributed by atoms with Crippen LogP contribution in [0.3, 0.4) is 0 Å². The van der Waals surface area contributed by atoms with Crippen LogP contribution in [0.4, 0.5) is 11.4 Å². The predicted molar refractivity (Wildman–Crippen MR) is 60.4 cm³/mol. The van der Waals surface area contributed by atoms with Gasteiger partial charge in [0.25, 0.3) is 5.69 Å². The van der Waals surface area contributed by atoms with Gasteiger partial charge in [0.1, 0.15) is 0 Å². The Morgan fingerprint density at radius 2 is 2.20 bits per heavy atom. The van der Waals surface area contributed by atoms with E-state index in [9.17, 15) is 14.9 Å². The minimum Gasteiger partial charge on any atom is -0.398 e. The summed E-state index contributed by atoms with van der Waals surface area (Å²) in [4.78, 5) is 21.5. The maximum Gasteiger partial charge on any atom is 0.273 e. The number of nitro groups is 1. The van der Waals surface area contributed by atoms with Gasteiger partial charge in [-0.3, -0.25) is 14.9 Å². The van der Waals surface area contributed by atoms with Gasteiger partial charge in [-0.2, -0.15) is 0 Å². The molecule has 0 unspecified atom stereocenters. The van der Waals surface area contributed by atoms with E-state index in [0.717, 1.165) is 0 Å². The van der Waals surface area contributed by atoms with Crippen molar-refractivity contribution >= 4 is 33.1 Å². The number of rotatable bonds is 3. The smallest absolute Gasteiger partial charge is 0.273 e. The maximum absolute atomic E-state index is 11.4. The molecular weight excluding hydrogens is 264 g/mol. The Morgan fingerprint density at radius 3 is 2.67 bits per heavy atom. The van der Waals surface area contributed by atoms with Crippen LogP contribution < -0.4 is 5.73 Å². The summed E-state index contributed by atoms with van der Waals surface area (Å²) < 4.78 is 0. The van der Waals surface area contributed by atoms with Gasteiger partial charge in [0.2, 0.25) is 0 Å². The predicted octanol–water partition coefficient (Wildman–Crippen LogP) is 2.06. The first-order valence-corrected chi connectivity index (χ1v) is 5.23. The van der Waals surface area contributed by atoms with Crippen LogP contribution in [0.1, 0.15) is 15.9 Å². The number of hydrogen-bond acceptors (Lipinski definition) is 4. The first-order valence-electron chi connectivity index (χ1n) is 4.11. The van der Waals surface area contributed by atoms with E-state index in [1.165, 1.54) is 12.1 Å². The number of ketones is 1. The van der Waals surface area contributed by atoms with Crippen LogP contribution in [-0.4, -0.2) is 16.0 Å². The van der Waals surface area contributed by atoms with Gasteiger partial charge < -0.3 is 5.73 Å². The molecule has 1 rings (SSSR count). The number of nitrogens with two attached hydrogens (primary N) is 1. The van der Waals surface area contributed by atoms with E-state index in [1.807, 2.05) is 0 Å². The lowest BCUT2D eigenvalue weighted by atomic mass is 10.1. The molecule has 0 aliphatic heterocycles. The van der Waals surface area contributed by atoms with Crippen molar-refractivity contribution in [1.29, 1.82) is 0 Å². The zero-order chi connectivity index (χ0) is 11.6. The summed E-state index contributed by atoms with van der Waals surface area (Å²) in [6.07, 6.45) is 0. The molecule has 0 saturated carbocycles. The molecule has 5 nitrogen and oxygen atoms in total. The van der Waals surface area contributed by atoms with Crippen molar-refractivity contribution < 1.29 is 9.72 Å². The number of alkyl halides is 1. The molecule has 0 aromatic heterocycles. The molecule has 0 radical (unpaired) electrons. The van der Waals surface area contributed by atoms with Crippen molar-refractivity contribution in [3.05, 3.63) is 33.4 Å². The number of Topliss-reactive ketones (excluding diaryl/α,β-unsaturated/α-hetero) is 1. The van der Waals surface area contributed by atoms with E-state index in [2.05, 4.69) is 15.9 Å². The van der Waals surface area contributed by atoms with Crippen LogP contribution in [-0.2, 0) is 0 Å². The summed E-state index contributed by atoms with van der Waals surface area (Å²) in [6.45, 7) is 1.58. The second kappa shape index (κ2) is 4.39. The number of carbonyl (C=O) groups excluding carboxylic acids is 1. The lowest BCUT2D eigenvalue weighted by Crippen LogP contribution is -2.06. The number of anilines is 1. The molecular formula is C9H9BrN2O3. The number of benzene rings is 1. The zero-order valence-corrected chi connectivity index (χ0v) is 9.58. The highest BCUT2D eigenvalue weighted by Gasteiger charge is 2.17. The largest absolute Gasteiger partial charge is 0.398 e. The van der Waals surface area contributed by atoms with Crippen molar-refractivity contribution in [2.45, 2.75) is 6.92 Å². The molecule has 80 valence electrons. The molecule has 0 fully saturated rings. The van der Waals surface area contributed by atoms with E-state index >= 15 is 0 Å². The first kappa shape index (κ1) is 11.6. The summed E-state index contributed by atoms with van der Waals surface area (Å²) in [7, 11) is 0. The molecule has 0 amide bonds. The van der Waals surface area contributed by atoms with Gasteiger partial charge >= 0.3 is 0 Å². The maximum atomic E-state index is 11.4. The molecule has 0 bridgehead atoms. The van der Waals surface area contributed by atoms with Crippen molar-refractivity contribution in [3.63, 3.8) is 0 Å². The van der Waals surface area contributed by atoms with E-state index < -0.39 is 4.92 Å². The quantitative estimate of drug-likeness (QED) is 0.300. The summed E-state index contributed by atoms with van der Waals surface area (Å²) in [6, 6.07) is 2.66. The Morgan fingerprint density at radius 1 is 1.60 bits per heavy atom. The number of nitro benzene ring substituents is 1. The highest BCUT2D eigenvalue weighted by atomic mass is 79.9. The van der Waals surface area contributed by atoms with Crippen molar-refractivity contribution in [1.82, 2.24) is 0 Å². The first-order chi connectivity index (χ1) is 6.97. The van der Waals surface area contributed by atoms with Crippen LogP contribution >= 0.6 is 15.9 Å². The van der Waals surface area contributed by atoms with Crippen LogP contribution in [0.2, 0.25) is 0 Å². The van der Waals surface area contributed by atoms with Crippen LogP contribution in [0.5, 0.6) is 0 Å². The van der Waals surface area contributed by atoms with Gasteiger partial charge in [-0.25, -0.2) is 0 Å². The zero-order valence-electron chi connectivity index (χ0n) is 7.99. The lowest BCUT2D eigenvalue weighted by Gasteiger charge is -2.04. The topological polar surface area (TPSA) is 86.2 Å². The normalized spacial score (nSPS) is 10.0. The molecule has 15 heavy (non-hydrogen) atoms.